The van der Waals surface area contributed by atoms with Crippen LogP contribution >= 0.6 is 0 Å². The van der Waals surface area contributed by atoms with Crippen LogP contribution in [0.1, 0.15) is 0 Å². The molecule has 168 valence electrons. The van der Waals surface area contributed by atoms with E-state index < -0.39 is 0 Å². The molecule has 2 aliphatic heterocycles. The number of fused-ring (bicyclic) bond motifs is 4. The van der Waals surface area contributed by atoms with E-state index in [-0.39, 0.29) is 56.4 Å². The van der Waals surface area contributed by atoms with Crippen LogP contribution in [0.2, 0.25) is 0 Å². The van der Waals surface area contributed by atoms with Crippen LogP contribution in [0.3, 0.4) is 0 Å². The number of rotatable bonds is 0. The fourth-order valence-corrected chi connectivity index (χ4v) is 3.49. The van der Waals surface area contributed by atoms with Gasteiger partial charge < -0.3 is 29.5 Å². The maximum atomic E-state index is 12.0. The molecule has 0 radical (unpaired) electrons. The number of phenols is 2. The maximum absolute atomic E-state index is 12.0. The first kappa shape index (κ1) is 20.8. The molecule has 0 amide bonds. The van der Waals surface area contributed by atoms with Gasteiger partial charge >= 0.3 is 0 Å². The molecule has 6 rings (SSSR count). The summed E-state index contributed by atoms with van der Waals surface area (Å²) < 4.78 is 12.2. The van der Waals surface area contributed by atoms with Crippen LogP contribution in [0.4, 0.5) is 0 Å². The average molecular weight is 458 g/mol. The lowest BCUT2D eigenvalue weighted by molar-refractivity contribution is -0.566. The van der Waals surface area contributed by atoms with E-state index in [9.17, 15) is 30.2 Å². The second-order valence-corrected chi connectivity index (χ2v) is 7.36. The molecule has 0 bridgehead atoms. The smallest absolute Gasteiger partial charge is 0.260 e. The van der Waals surface area contributed by atoms with Crippen molar-refractivity contribution >= 4 is 22.2 Å². The predicted molar refractivity (Wildman–Crippen MR) is 119 cm³/mol. The third-order valence-corrected chi connectivity index (χ3v) is 5.06. The van der Waals surface area contributed by atoms with Crippen molar-refractivity contribution in [3.8, 4) is 34.4 Å². The van der Waals surface area contributed by atoms with E-state index in [1.54, 1.807) is 0 Å². The molecule has 34 heavy (non-hydrogen) atoms. The zero-order valence-electron chi connectivity index (χ0n) is 17.2. The molecular weight excluding hydrogens is 444 g/mol. The minimum absolute atomic E-state index is 0.00104. The van der Waals surface area contributed by atoms with Crippen molar-refractivity contribution in [3.63, 3.8) is 0 Å². The molecule has 2 heterocycles. The van der Waals surface area contributed by atoms with Crippen molar-refractivity contribution in [3.05, 3.63) is 104 Å². The molecule has 0 saturated carbocycles. The highest BCUT2D eigenvalue weighted by Crippen LogP contribution is 2.25. The van der Waals surface area contributed by atoms with E-state index in [1.165, 1.54) is 72.8 Å². The van der Waals surface area contributed by atoms with E-state index in [0.29, 0.717) is 20.5 Å². The molecule has 0 fully saturated rings. The second-order valence-electron chi connectivity index (χ2n) is 7.36. The van der Waals surface area contributed by atoms with Gasteiger partial charge in [0, 0.05) is 48.5 Å². The minimum atomic E-state index is -0.235. The second kappa shape index (κ2) is 7.78. The van der Waals surface area contributed by atoms with Gasteiger partial charge in [0.25, 0.3) is 22.4 Å². The van der Waals surface area contributed by atoms with Gasteiger partial charge in [-0.1, -0.05) is 0 Å². The lowest BCUT2D eigenvalue weighted by Crippen LogP contribution is -2.31. The summed E-state index contributed by atoms with van der Waals surface area (Å²) in [6.45, 7) is 0. The van der Waals surface area contributed by atoms with E-state index >= 15 is 0 Å². The maximum Gasteiger partial charge on any atom is 0.260 e. The SMILES string of the molecule is O=c1ccc2[n+]([O-])c3ccc(O)cc3oc-2c1.O=c1ccc2[n+]([O-])c3ccc(O)cc3oc-2c1. The highest BCUT2D eigenvalue weighted by Gasteiger charge is 2.20. The molecule has 10 nitrogen and oxygen atoms in total. The topological polar surface area (TPSA) is 155 Å². The fourth-order valence-electron chi connectivity index (χ4n) is 3.49. The standard InChI is InChI=1S/2C12H7NO4/c2*14-7-1-3-9-11(5-7)17-12-6-8(15)2-4-10(12)13(9)16/h2*1-6,14H. The summed E-state index contributed by atoms with van der Waals surface area (Å²) in [6, 6.07) is 16.3. The Morgan fingerprint density at radius 2 is 1.00 bits per heavy atom. The zero-order valence-corrected chi connectivity index (χ0v) is 17.2. The van der Waals surface area contributed by atoms with Crippen LogP contribution in [0.15, 0.2) is 91.2 Å². The van der Waals surface area contributed by atoms with Crippen LogP contribution in [0.5, 0.6) is 11.5 Å². The number of aromatic hydroxyl groups is 2. The molecule has 2 aromatic rings. The van der Waals surface area contributed by atoms with Gasteiger partial charge in [-0.3, -0.25) is 9.59 Å². The lowest BCUT2D eigenvalue weighted by atomic mass is 10.2. The Morgan fingerprint density at radius 1 is 0.588 bits per heavy atom. The molecule has 10 heteroatoms. The average Bonchev–Trinajstić information content (AvgIpc) is 2.79. The fraction of sp³-hybridized carbons (Fsp3) is 0. The number of nitrogens with zero attached hydrogens (tertiary/aromatic N) is 2. The van der Waals surface area contributed by atoms with Crippen molar-refractivity contribution in [1.82, 2.24) is 0 Å². The molecule has 2 aromatic carbocycles. The summed E-state index contributed by atoms with van der Waals surface area (Å²) in [4.78, 5) is 22.4. The zero-order chi connectivity index (χ0) is 24.0. The first-order valence-electron chi connectivity index (χ1n) is 9.88. The number of hydrogen-bond donors (Lipinski definition) is 2. The summed E-state index contributed by atoms with van der Waals surface area (Å²) in [5.74, 6) is 0.397. The first-order chi connectivity index (χ1) is 16.3. The quantitative estimate of drug-likeness (QED) is 0.200. The van der Waals surface area contributed by atoms with E-state index in [1.807, 2.05) is 0 Å². The van der Waals surface area contributed by atoms with Crippen LogP contribution in [0, 0.1) is 10.4 Å². The van der Waals surface area contributed by atoms with E-state index in [2.05, 4.69) is 0 Å². The largest absolute Gasteiger partial charge is 0.618 e. The summed E-state index contributed by atoms with van der Waals surface area (Å²) >= 11 is 0. The molecule has 0 spiro atoms. The number of phenolic OH excluding ortho intramolecular Hbond substituents is 2. The minimum Gasteiger partial charge on any atom is -0.618 e. The van der Waals surface area contributed by atoms with Crippen LogP contribution in [-0.4, -0.2) is 10.2 Å². The van der Waals surface area contributed by atoms with Gasteiger partial charge in [-0.25, -0.2) is 0 Å². The van der Waals surface area contributed by atoms with Crippen molar-refractivity contribution in [2.45, 2.75) is 0 Å². The van der Waals surface area contributed by atoms with E-state index in [0.717, 1.165) is 0 Å². The molecular formula is C24H14N2O8. The summed E-state index contributed by atoms with van der Waals surface area (Å²) in [5.41, 5.74) is 1.16. The first-order valence-corrected chi connectivity index (χ1v) is 9.88. The Balaban J connectivity index is 0.000000142. The van der Waals surface area contributed by atoms with Crippen LogP contribution in [0.25, 0.3) is 45.1 Å². The number of hydrogen-bond acceptors (Lipinski definition) is 8. The highest BCUT2D eigenvalue weighted by atomic mass is 16.5. The Labute approximate surface area is 189 Å². The highest BCUT2D eigenvalue weighted by molar-refractivity contribution is 5.74. The third kappa shape index (κ3) is 3.58. The molecule has 0 saturated heterocycles. The lowest BCUT2D eigenvalue weighted by Gasteiger charge is -2.08. The normalized spacial score (nSPS) is 11.1. The van der Waals surface area contributed by atoms with Gasteiger partial charge in [0.1, 0.15) is 11.5 Å². The van der Waals surface area contributed by atoms with Gasteiger partial charge in [0.15, 0.2) is 10.9 Å². The van der Waals surface area contributed by atoms with Gasteiger partial charge in [0.2, 0.25) is 22.7 Å². The monoisotopic (exact) mass is 458 g/mol. The van der Waals surface area contributed by atoms with Crippen LogP contribution in [-0.2, 0) is 0 Å². The summed E-state index contributed by atoms with van der Waals surface area (Å²) in [7, 11) is 0. The Kier molecular flexibility index (Phi) is 4.75. The van der Waals surface area contributed by atoms with Crippen molar-refractivity contribution in [2.75, 3.05) is 0 Å². The molecule has 2 N–H and O–H groups in total. The molecule has 0 unspecified atom stereocenters. The predicted octanol–water partition coefficient (Wildman–Crippen LogP) is 2.47. The molecule has 4 aliphatic rings. The van der Waals surface area contributed by atoms with Crippen molar-refractivity contribution < 1.29 is 28.5 Å². The van der Waals surface area contributed by atoms with Crippen molar-refractivity contribution in [1.29, 1.82) is 0 Å². The number of aromatic nitrogens is 2. The third-order valence-electron chi connectivity index (χ3n) is 5.06. The molecule has 0 atom stereocenters. The Morgan fingerprint density at radius 3 is 1.41 bits per heavy atom. The van der Waals surface area contributed by atoms with Crippen molar-refractivity contribution in [2.24, 2.45) is 0 Å². The van der Waals surface area contributed by atoms with Crippen LogP contribution < -0.4 is 20.3 Å². The van der Waals surface area contributed by atoms with Gasteiger partial charge in [0.05, 0.1) is 0 Å². The molecule has 0 aromatic heterocycles. The number of benzene rings is 4. The summed E-state index contributed by atoms with van der Waals surface area (Å²) in [5, 5.41) is 42.6. The molecule has 2 aliphatic carbocycles. The summed E-state index contributed by atoms with van der Waals surface area (Å²) in [6.07, 6.45) is 0. The Bertz CT molecular complexity index is 1620. The Hall–Kier alpha value is -5.12. The van der Waals surface area contributed by atoms with Gasteiger partial charge in [-0.05, 0) is 24.3 Å². The van der Waals surface area contributed by atoms with Gasteiger partial charge in [-0.15, -0.1) is 0 Å². The van der Waals surface area contributed by atoms with E-state index in [4.69, 9.17) is 8.83 Å². The van der Waals surface area contributed by atoms with Gasteiger partial charge in [-0.2, -0.15) is 9.46 Å².